The van der Waals surface area contributed by atoms with Crippen LogP contribution in [0.1, 0.15) is 34.0 Å². The van der Waals surface area contributed by atoms with Gasteiger partial charge >= 0.3 is 5.97 Å². The predicted molar refractivity (Wildman–Crippen MR) is 99.7 cm³/mol. The van der Waals surface area contributed by atoms with Crippen LogP contribution in [0.3, 0.4) is 0 Å². The van der Waals surface area contributed by atoms with Crippen LogP contribution in [0.2, 0.25) is 0 Å². The fourth-order valence-corrected chi connectivity index (χ4v) is 3.72. The first-order valence-corrected chi connectivity index (χ1v) is 9.53. The van der Waals surface area contributed by atoms with Crippen molar-refractivity contribution in [1.82, 2.24) is 4.90 Å². The lowest BCUT2D eigenvalue weighted by molar-refractivity contribution is -0.142. The Morgan fingerprint density at radius 3 is 2.44 bits per heavy atom. The predicted octanol–water partition coefficient (Wildman–Crippen LogP) is 3.59. The number of carboxylic acids is 1. The number of amides is 1. The number of thioether (sulfide) groups is 1. The molecule has 2 aromatic carbocycles. The number of rotatable bonds is 5. The van der Waals surface area contributed by atoms with Gasteiger partial charge in [-0.3, -0.25) is 4.79 Å². The zero-order valence-corrected chi connectivity index (χ0v) is 15.0. The third kappa shape index (κ3) is 3.87. The molecule has 1 aliphatic rings. The summed E-state index contributed by atoms with van der Waals surface area (Å²) >= 11 is 1.83. The van der Waals surface area contributed by atoms with Crippen LogP contribution in [0, 0.1) is 0 Å². The van der Waals surface area contributed by atoms with Crippen molar-refractivity contribution in [1.29, 1.82) is 0 Å². The lowest BCUT2D eigenvalue weighted by Gasteiger charge is -2.34. The summed E-state index contributed by atoms with van der Waals surface area (Å²) in [5.74, 6) is 0.781. The van der Waals surface area contributed by atoms with Crippen LogP contribution < -0.4 is 0 Å². The number of carboxylic acid groups (broad SMARTS) is 1. The maximum Gasteiger partial charge on any atom is 0.326 e. The van der Waals surface area contributed by atoms with Crippen LogP contribution in [-0.2, 0) is 23.5 Å². The van der Waals surface area contributed by atoms with Gasteiger partial charge in [-0.15, -0.1) is 0 Å². The number of benzene rings is 2. The van der Waals surface area contributed by atoms with E-state index in [2.05, 4.69) is 6.92 Å². The maximum absolute atomic E-state index is 12.9. The van der Waals surface area contributed by atoms with E-state index in [1.54, 1.807) is 12.1 Å². The number of nitrogens with zero attached hydrogens (tertiary/aromatic N) is 1. The van der Waals surface area contributed by atoms with Gasteiger partial charge in [-0.05, 0) is 34.6 Å². The smallest absolute Gasteiger partial charge is 0.326 e. The highest BCUT2D eigenvalue weighted by Crippen LogP contribution is 2.25. The van der Waals surface area contributed by atoms with Crippen LogP contribution in [0.4, 0.5) is 0 Å². The van der Waals surface area contributed by atoms with E-state index in [4.69, 9.17) is 0 Å². The zero-order valence-electron chi connectivity index (χ0n) is 14.1. The van der Waals surface area contributed by atoms with Crippen molar-refractivity contribution in [3.8, 4) is 0 Å². The molecule has 5 heteroatoms. The van der Waals surface area contributed by atoms with E-state index < -0.39 is 12.0 Å². The Bertz CT molecular complexity index is 773. The van der Waals surface area contributed by atoms with E-state index in [1.807, 2.05) is 48.2 Å². The van der Waals surface area contributed by atoms with Gasteiger partial charge in [0.25, 0.3) is 5.91 Å². The Hall–Kier alpha value is -2.27. The summed E-state index contributed by atoms with van der Waals surface area (Å²) < 4.78 is 0. The van der Waals surface area contributed by atoms with Crippen molar-refractivity contribution in [2.75, 3.05) is 5.75 Å². The molecule has 1 aliphatic heterocycles. The van der Waals surface area contributed by atoms with Gasteiger partial charge in [-0.2, -0.15) is 11.8 Å². The second-order valence-electron chi connectivity index (χ2n) is 6.09. The van der Waals surface area contributed by atoms with E-state index in [-0.39, 0.29) is 5.91 Å². The van der Waals surface area contributed by atoms with Crippen molar-refractivity contribution < 1.29 is 14.7 Å². The number of hydrogen-bond donors (Lipinski definition) is 1. The standard InChI is InChI=1S/C20H21NO3S/c1-2-25-13-14-7-9-15(10-8-14)19(22)21-12-17-6-4-3-5-16(17)11-18(21)20(23)24/h3-10,18H,2,11-13H2,1H3,(H,23,24). The molecular weight excluding hydrogens is 334 g/mol. The highest BCUT2D eigenvalue weighted by molar-refractivity contribution is 7.98. The monoisotopic (exact) mass is 355 g/mol. The van der Waals surface area contributed by atoms with E-state index in [0.717, 1.165) is 22.6 Å². The van der Waals surface area contributed by atoms with E-state index >= 15 is 0 Å². The summed E-state index contributed by atoms with van der Waals surface area (Å²) in [5, 5.41) is 9.57. The average Bonchev–Trinajstić information content (AvgIpc) is 2.65. The van der Waals surface area contributed by atoms with Crippen LogP contribution >= 0.6 is 11.8 Å². The fraction of sp³-hybridized carbons (Fsp3) is 0.300. The second-order valence-corrected chi connectivity index (χ2v) is 7.37. The van der Waals surface area contributed by atoms with Gasteiger partial charge in [-0.25, -0.2) is 4.79 Å². The molecule has 0 aromatic heterocycles. The summed E-state index contributed by atoms with van der Waals surface area (Å²) in [6.07, 6.45) is 0.350. The van der Waals surface area contributed by atoms with Gasteiger partial charge < -0.3 is 10.0 Å². The average molecular weight is 355 g/mol. The molecule has 0 aliphatic carbocycles. The second kappa shape index (κ2) is 7.74. The quantitative estimate of drug-likeness (QED) is 0.890. The van der Waals surface area contributed by atoms with Crippen molar-refractivity contribution in [3.05, 3.63) is 70.8 Å². The molecule has 0 saturated carbocycles. The van der Waals surface area contributed by atoms with Crippen molar-refractivity contribution >= 4 is 23.6 Å². The first-order valence-electron chi connectivity index (χ1n) is 8.37. The molecular formula is C20H21NO3S. The third-order valence-electron chi connectivity index (χ3n) is 4.47. The van der Waals surface area contributed by atoms with Crippen LogP contribution in [-0.4, -0.2) is 33.7 Å². The molecule has 0 spiro atoms. The van der Waals surface area contributed by atoms with Crippen LogP contribution in [0.15, 0.2) is 48.5 Å². The van der Waals surface area contributed by atoms with Gasteiger partial charge in [-0.1, -0.05) is 43.3 Å². The number of fused-ring (bicyclic) bond motifs is 1. The number of carbonyl (C=O) groups excluding carboxylic acids is 1. The van der Waals surface area contributed by atoms with E-state index in [1.165, 1.54) is 10.5 Å². The summed E-state index contributed by atoms with van der Waals surface area (Å²) in [7, 11) is 0. The fourth-order valence-electron chi connectivity index (χ4n) is 3.09. The molecule has 3 rings (SSSR count). The Kier molecular flexibility index (Phi) is 5.43. The van der Waals surface area contributed by atoms with Crippen molar-refractivity contribution in [2.45, 2.75) is 31.7 Å². The summed E-state index contributed by atoms with van der Waals surface area (Å²) in [4.78, 5) is 26.1. The molecule has 25 heavy (non-hydrogen) atoms. The lowest BCUT2D eigenvalue weighted by atomic mass is 9.93. The summed E-state index contributed by atoms with van der Waals surface area (Å²) in [5.41, 5.74) is 3.73. The van der Waals surface area contributed by atoms with Crippen LogP contribution in [0.25, 0.3) is 0 Å². The molecule has 1 unspecified atom stereocenters. The van der Waals surface area contributed by atoms with E-state index in [9.17, 15) is 14.7 Å². The summed E-state index contributed by atoms with van der Waals surface area (Å²) in [6.45, 7) is 2.45. The lowest BCUT2D eigenvalue weighted by Crippen LogP contribution is -2.48. The number of hydrogen-bond acceptors (Lipinski definition) is 3. The molecule has 0 fully saturated rings. The molecule has 1 atom stereocenters. The molecule has 130 valence electrons. The zero-order chi connectivity index (χ0) is 17.8. The molecule has 1 heterocycles. The SMILES string of the molecule is CCSCc1ccc(C(=O)N2Cc3ccccc3CC2C(=O)O)cc1. The largest absolute Gasteiger partial charge is 0.480 e. The van der Waals surface area contributed by atoms with Gasteiger partial charge in [0, 0.05) is 24.3 Å². The minimum Gasteiger partial charge on any atom is -0.480 e. The minimum atomic E-state index is -0.959. The Morgan fingerprint density at radius 1 is 1.12 bits per heavy atom. The minimum absolute atomic E-state index is 0.225. The Balaban J connectivity index is 1.83. The highest BCUT2D eigenvalue weighted by Gasteiger charge is 2.34. The normalized spacial score (nSPS) is 16.4. The molecule has 2 aromatic rings. The third-order valence-corrected chi connectivity index (χ3v) is 5.41. The molecule has 0 radical (unpaired) electrons. The van der Waals surface area contributed by atoms with Crippen molar-refractivity contribution in [2.24, 2.45) is 0 Å². The maximum atomic E-state index is 12.9. The van der Waals surface area contributed by atoms with Crippen molar-refractivity contribution in [3.63, 3.8) is 0 Å². The number of aliphatic carboxylic acids is 1. The van der Waals surface area contributed by atoms with E-state index in [0.29, 0.717) is 18.5 Å². The molecule has 1 amide bonds. The first-order chi connectivity index (χ1) is 12.1. The van der Waals surface area contributed by atoms with Crippen LogP contribution in [0.5, 0.6) is 0 Å². The Labute approximate surface area is 151 Å². The molecule has 0 bridgehead atoms. The molecule has 1 N–H and O–H groups in total. The highest BCUT2D eigenvalue weighted by atomic mass is 32.2. The topological polar surface area (TPSA) is 57.6 Å². The van der Waals surface area contributed by atoms with Gasteiger partial charge in [0.05, 0.1) is 0 Å². The number of carbonyl (C=O) groups is 2. The van der Waals surface area contributed by atoms with Gasteiger partial charge in [0.2, 0.25) is 0 Å². The summed E-state index contributed by atoms with van der Waals surface area (Å²) in [6, 6.07) is 14.4. The van der Waals surface area contributed by atoms with Gasteiger partial charge in [0.15, 0.2) is 0 Å². The Morgan fingerprint density at radius 2 is 1.80 bits per heavy atom. The van der Waals surface area contributed by atoms with Gasteiger partial charge in [0.1, 0.15) is 6.04 Å². The molecule has 4 nitrogen and oxygen atoms in total. The molecule has 0 saturated heterocycles. The first kappa shape index (κ1) is 17.5.